The summed E-state index contributed by atoms with van der Waals surface area (Å²) >= 11 is 7.76. The van der Waals surface area contributed by atoms with Crippen molar-refractivity contribution in [1.82, 2.24) is 4.72 Å². The molecular formula is C10H9ClN2O4S3. The maximum atomic E-state index is 12.1. The van der Waals surface area contributed by atoms with E-state index in [-0.39, 0.29) is 8.55 Å². The highest BCUT2D eigenvalue weighted by atomic mass is 35.5. The average Bonchev–Trinajstić information content (AvgIpc) is 2.96. The highest BCUT2D eigenvalue weighted by Gasteiger charge is 2.26. The van der Waals surface area contributed by atoms with E-state index in [0.717, 1.165) is 10.9 Å². The van der Waals surface area contributed by atoms with Crippen molar-refractivity contribution in [3.05, 3.63) is 42.9 Å². The highest BCUT2D eigenvalue weighted by Crippen LogP contribution is 2.36. The zero-order chi connectivity index (χ0) is 14.9. The summed E-state index contributed by atoms with van der Waals surface area (Å²) in [7, 11) is -3.83. The molecule has 2 aromatic heterocycles. The molecule has 0 amide bonds. The lowest BCUT2D eigenvalue weighted by Crippen LogP contribution is -2.25. The number of nitrogens with one attached hydrogen (secondary N) is 1. The van der Waals surface area contributed by atoms with Crippen molar-refractivity contribution in [1.29, 1.82) is 0 Å². The molecule has 0 fully saturated rings. The largest absolute Gasteiger partial charge is 0.300 e. The first-order chi connectivity index (χ1) is 9.31. The summed E-state index contributed by atoms with van der Waals surface area (Å²) < 4.78 is 26.4. The van der Waals surface area contributed by atoms with Crippen LogP contribution in [0, 0.1) is 10.1 Å². The minimum atomic E-state index is -3.83. The number of rotatable bonds is 5. The molecule has 0 saturated carbocycles. The van der Waals surface area contributed by atoms with E-state index in [1.54, 1.807) is 6.92 Å². The van der Waals surface area contributed by atoms with Crippen LogP contribution in [0.2, 0.25) is 4.34 Å². The summed E-state index contributed by atoms with van der Waals surface area (Å²) in [5.74, 6) is 0. The summed E-state index contributed by atoms with van der Waals surface area (Å²) in [4.78, 5) is 10.8. The Morgan fingerprint density at radius 1 is 1.50 bits per heavy atom. The maximum Gasteiger partial charge on any atom is 0.300 e. The van der Waals surface area contributed by atoms with Gasteiger partial charge in [-0.05, 0) is 18.4 Å². The molecule has 2 rings (SSSR count). The Hall–Kier alpha value is -1.000. The van der Waals surface area contributed by atoms with Crippen LogP contribution in [0.15, 0.2) is 27.8 Å². The molecule has 1 atom stereocenters. The smallest absolute Gasteiger partial charge is 0.258 e. The summed E-state index contributed by atoms with van der Waals surface area (Å²) in [6, 6.07) is 4.18. The SMILES string of the molecule is CC(NS(=O)(=O)c1cc([N+](=O)[O-])c(Cl)s1)c1cccs1. The molecule has 1 unspecified atom stereocenters. The number of nitrogens with zero attached hydrogens (tertiary/aromatic N) is 1. The van der Waals surface area contributed by atoms with Gasteiger partial charge < -0.3 is 0 Å². The molecule has 0 aliphatic rings. The second-order valence-electron chi connectivity index (χ2n) is 3.84. The van der Waals surface area contributed by atoms with Crippen LogP contribution in [0.25, 0.3) is 0 Å². The quantitative estimate of drug-likeness (QED) is 0.659. The van der Waals surface area contributed by atoms with Gasteiger partial charge >= 0.3 is 0 Å². The zero-order valence-corrected chi connectivity index (χ0v) is 13.3. The number of nitro groups is 1. The summed E-state index contributed by atoms with van der Waals surface area (Å²) in [6.45, 7) is 1.70. The van der Waals surface area contributed by atoms with Crippen molar-refractivity contribution >= 4 is 50.0 Å². The van der Waals surface area contributed by atoms with E-state index in [1.807, 2.05) is 17.5 Å². The number of hydrogen-bond donors (Lipinski definition) is 1. The van der Waals surface area contributed by atoms with Gasteiger partial charge in [0.2, 0.25) is 0 Å². The molecule has 1 N–H and O–H groups in total. The Bertz CT molecular complexity index is 724. The van der Waals surface area contributed by atoms with Gasteiger partial charge in [-0.1, -0.05) is 17.7 Å². The molecule has 2 heterocycles. The predicted molar refractivity (Wildman–Crippen MR) is 79.0 cm³/mol. The predicted octanol–water partition coefficient (Wildman–Crippen LogP) is 3.41. The van der Waals surface area contributed by atoms with E-state index < -0.39 is 26.7 Å². The van der Waals surface area contributed by atoms with Gasteiger partial charge in [0.15, 0.2) is 4.34 Å². The fraction of sp³-hybridized carbons (Fsp3) is 0.200. The first-order valence-corrected chi connectivity index (χ1v) is 8.86. The van der Waals surface area contributed by atoms with Crippen LogP contribution in [0.5, 0.6) is 0 Å². The van der Waals surface area contributed by atoms with Crippen LogP contribution in [-0.4, -0.2) is 13.3 Å². The van der Waals surface area contributed by atoms with Gasteiger partial charge in [-0.3, -0.25) is 10.1 Å². The first kappa shape index (κ1) is 15.4. The molecule has 0 spiro atoms. The van der Waals surface area contributed by atoms with Gasteiger partial charge in [0.1, 0.15) is 4.21 Å². The fourth-order valence-electron chi connectivity index (χ4n) is 1.48. The monoisotopic (exact) mass is 352 g/mol. The van der Waals surface area contributed by atoms with Gasteiger partial charge in [-0.2, -0.15) is 0 Å². The zero-order valence-electron chi connectivity index (χ0n) is 10.1. The van der Waals surface area contributed by atoms with Crippen molar-refractivity contribution in [2.45, 2.75) is 17.2 Å². The number of halogens is 1. The highest BCUT2D eigenvalue weighted by molar-refractivity contribution is 7.91. The molecule has 6 nitrogen and oxygen atoms in total. The molecule has 0 saturated heterocycles. The molecule has 10 heteroatoms. The van der Waals surface area contributed by atoms with E-state index in [1.165, 1.54) is 11.3 Å². The molecule has 2 aromatic rings. The Balaban J connectivity index is 2.27. The number of hydrogen-bond acceptors (Lipinski definition) is 6. The third kappa shape index (κ3) is 3.18. The standard InChI is InChI=1S/C10H9ClN2O4S3/c1-6(8-3-2-4-18-8)12-20(16,17)9-5-7(13(14)15)10(11)19-9/h2-6,12H,1H3. The first-order valence-electron chi connectivity index (χ1n) is 5.30. The van der Waals surface area contributed by atoms with Crippen molar-refractivity contribution < 1.29 is 13.3 Å². The van der Waals surface area contributed by atoms with Gasteiger partial charge in [0, 0.05) is 10.9 Å². The lowest BCUT2D eigenvalue weighted by atomic mass is 10.3. The summed E-state index contributed by atoms with van der Waals surface area (Å²) in [6.07, 6.45) is 0. The molecular weight excluding hydrogens is 344 g/mol. The van der Waals surface area contributed by atoms with Gasteiger partial charge in [-0.15, -0.1) is 22.7 Å². The van der Waals surface area contributed by atoms with Crippen LogP contribution in [0.3, 0.4) is 0 Å². The van der Waals surface area contributed by atoms with Crippen molar-refractivity contribution in [2.75, 3.05) is 0 Å². The minimum absolute atomic E-state index is 0.154. The molecule has 0 aliphatic carbocycles. The third-order valence-corrected chi connectivity index (χ3v) is 6.82. The number of thiophene rings is 2. The third-order valence-electron chi connectivity index (χ3n) is 2.41. The second kappa shape index (κ2) is 5.78. The lowest BCUT2D eigenvalue weighted by molar-refractivity contribution is -0.384. The summed E-state index contributed by atoms with van der Waals surface area (Å²) in [5, 5.41) is 12.5. The lowest BCUT2D eigenvalue weighted by Gasteiger charge is -2.11. The van der Waals surface area contributed by atoms with E-state index in [2.05, 4.69) is 4.72 Å². The Morgan fingerprint density at radius 3 is 2.70 bits per heavy atom. The number of sulfonamides is 1. The van der Waals surface area contributed by atoms with E-state index in [4.69, 9.17) is 11.6 Å². The Kier molecular flexibility index (Phi) is 4.45. The average molecular weight is 353 g/mol. The molecule has 0 radical (unpaired) electrons. The van der Waals surface area contributed by atoms with Crippen LogP contribution in [0.4, 0.5) is 5.69 Å². The summed E-state index contributed by atoms with van der Waals surface area (Å²) in [5.41, 5.74) is -0.402. The maximum absolute atomic E-state index is 12.1. The van der Waals surface area contributed by atoms with Crippen LogP contribution >= 0.6 is 34.3 Å². The van der Waals surface area contributed by atoms with Crippen LogP contribution in [0.1, 0.15) is 17.8 Å². The van der Waals surface area contributed by atoms with Crippen molar-refractivity contribution in [3.8, 4) is 0 Å². The molecule has 108 valence electrons. The van der Waals surface area contributed by atoms with Crippen molar-refractivity contribution in [2.24, 2.45) is 0 Å². The van der Waals surface area contributed by atoms with Crippen LogP contribution in [-0.2, 0) is 10.0 Å². The Morgan fingerprint density at radius 2 is 2.20 bits per heavy atom. The minimum Gasteiger partial charge on any atom is -0.258 e. The van der Waals surface area contributed by atoms with Crippen molar-refractivity contribution in [3.63, 3.8) is 0 Å². The molecule has 0 aromatic carbocycles. The molecule has 0 bridgehead atoms. The normalized spacial score (nSPS) is 13.3. The van der Waals surface area contributed by atoms with Gasteiger partial charge in [0.25, 0.3) is 15.7 Å². The topological polar surface area (TPSA) is 89.3 Å². The van der Waals surface area contributed by atoms with Crippen LogP contribution < -0.4 is 4.72 Å². The van der Waals surface area contributed by atoms with E-state index in [9.17, 15) is 18.5 Å². The van der Waals surface area contributed by atoms with E-state index in [0.29, 0.717) is 11.3 Å². The van der Waals surface area contributed by atoms with Gasteiger partial charge in [0.05, 0.1) is 11.0 Å². The fourth-order valence-corrected chi connectivity index (χ4v) is 5.19. The molecule has 0 aliphatic heterocycles. The van der Waals surface area contributed by atoms with Gasteiger partial charge in [-0.25, -0.2) is 13.1 Å². The van der Waals surface area contributed by atoms with E-state index >= 15 is 0 Å². The molecule has 20 heavy (non-hydrogen) atoms. The second-order valence-corrected chi connectivity index (χ2v) is 8.41. The Labute approximate surface area is 128 Å².